The highest BCUT2D eigenvalue weighted by Gasteiger charge is 2.55. The first-order valence-corrected chi connectivity index (χ1v) is 25.3. The lowest BCUT2D eigenvalue weighted by Gasteiger charge is -2.50. The van der Waals surface area contributed by atoms with Gasteiger partial charge in [0.2, 0.25) is 0 Å². The van der Waals surface area contributed by atoms with Crippen LogP contribution in [-0.4, -0.2) is 102 Å². The van der Waals surface area contributed by atoms with E-state index in [1.165, 1.54) is 0 Å². The van der Waals surface area contributed by atoms with Crippen molar-refractivity contribution in [1.29, 1.82) is 0 Å². The van der Waals surface area contributed by atoms with E-state index in [1.54, 1.807) is 0 Å². The lowest BCUT2D eigenvalue weighted by atomic mass is 9.95. The number of hydrogen-bond donors (Lipinski definition) is 2. The van der Waals surface area contributed by atoms with Gasteiger partial charge in [0.1, 0.15) is 54.9 Å². The van der Waals surface area contributed by atoms with Gasteiger partial charge < -0.3 is 62.3 Å². The summed E-state index contributed by atoms with van der Waals surface area (Å²) in [6.07, 6.45) is -14.4. The summed E-state index contributed by atoms with van der Waals surface area (Å²) in [7, 11) is 0. The lowest BCUT2D eigenvalue weighted by molar-refractivity contribution is -0.385. The van der Waals surface area contributed by atoms with Gasteiger partial charge in [-0.2, -0.15) is 0 Å². The SMILES string of the molecule is C[C@@H]1O[C@@H](O)[C@H](OCc2ccccc2)[C@H](O[C@@H]2O[C@@H](C)[C@H](OCc3ccccc3)[C@@H](O[C@@H]3O[C@@H](C)[C@H](OCc4ccccc4)[C@@H](OCc4ccccc4)[C@H]3OCc3ccccc3)[C@H]2O)[C@H]1OCc1ccccc1. The van der Waals surface area contributed by atoms with Crippen LogP contribution in [0.2, 0.25) is 0 Å². The second kappa shape index (κ2) is 26.3. The molecule has 0 aliphatic carbocycles. The van der Waals surface area contributed by atoms with Gasteiger partial charge in [-0.1, -0.05) is 182 Å². The smallest absolute Gasteiger partial charge is 0.187 e. The molecule has 0 radical (unpaired) electrons. The lowest BCUT2D eigenvalue weighted by Crippen LogP contribution is -2.66. The Bertz CT molecular complexity index is 2420. The van der Waals surface area contributed by atoms with Crippen LogP contribution in [0.15, 0.2) is 182 Å². The van der Waals surface area contributed by atoms with Gasteiger partial charge >= 0.3 is 0 Å². The van der Waals surface area contributed by atoms with Crippen LogP contribution in [0.1, 0.15) is 54.2 Å². The Morgan fingerprint density at radius 3 is 0.959 bits per heavy atom. The topological polar surface area (TPSA) is 142 Å². The summed E-state index contributed by atoms with van der Waals surface area (Å²) >= 11 is 0. The molecular weight excluding hydrogens is 929 g/mol. The molecule has 0 bridgehead atoms. The van der Waals surface area contributed by atoms with Gasteiger partial charge in [0.15, 0.2) is 18.9 Å². The van der Waals surface area contributed by atoms with E-state index < -0.39 is 92.1 Å². The third-order valence-electron chi connectivity index (χ3n) is 13.5. The van der Waals surface area contributed by atoms with Crippen LogP contribution < -0.4 is 0 Å². The average molecular weight is 997 g/mol. The fourth-order valence-corrected chi connectivity index (χ4v) is 9.63. The summed E-state index contributed by atoms with van der Waals surface area (Å²) in [6, 6.07) is 58.9. The van der Waals surface area contributed by atoms with Crippen LogP contribution >= 0.6 is 0 Å². The molecule has 3 saturated heterocycles. The van der Waals surface area contributed by atoms with Crippen molar-refractivity contribution < 1.29 is 62.3 Å². The van der Waals surface area contributed by atoms with Gasteiger partial charge in [-0.3, -0.25) is 0 Å². The molecule has 6 aromatic carbocycles. The van der Waals surface area contributed by atoms with Gasteiger partial charge in [0, 0.05) is 0 Å². The van der Waals surface area contributed by atoms with Crippen molar-refractivity contribution in [1.82, 2.24) is 0 Å². The predicted molar refractivity (Wildman–Crippen MR) is 271 cm³/mol. The largest absolute Gasteiger partial charge is 0.385 e. The van der Waals surface area contributed by atoms with E-state index >= 15 is 0 Å². The third kappa shape index (κ3) is 14.1. The van der Waals surface area contributed by atoms with Gasteiger partial charge in [-0.25, -0.2) is 0 Å². The van der Waals surface area contributed by atoms with E-state index in [1.807, 2.05) is 203 Å². The van der Waals surface area contributed by atoms with Gasteiger partial charge in [-0.15, -0.1) is 0 Å². The fraction of sp³-hybridized carbons (Fsp3) is 0.400. The molecule has 13 heteroatoms. The van der Waals surface area contributed by atoms with Crippen LogP contribution in [0, 0.1) is 0 Å². The Kier molecular flexibility index (Phi) is 19.0. The highest BCUT2D eigenvalue weighted by atomic mass is 16.8. The molecule has 0 aromatic heterocycles. The molecule has 13 nitrogen and oxygen atoms in total. The maximum Gasteiger partial charge on any atom is 0.187 e. The minimum Gasteiger partial charge on any atom is -0.385 e. The van der Waals surface area contributed by atoms with Gasteiger partial charge in [-0.05, 0) is 54.2 Å². The molecule has 3 fully saturated rings. The maximum atomic E-state index is 12.9. The quantitative estimate of drug-likeness (QED) is 0.0670. The number of aliphatic hydroxyl groups is 2. The minimum absolute atomic E-state index is 0.141. The van der Waals surface area contributed by atoms with Crippen LogP contribution in [0.5, 0.6) is 0 Å². The first-order valence-electron chi connectivity index (χ1n) is 25.3. The fourth-order valence-electron chi connectivity index (χ4n) is 9.63. The van der Waals surface area contributed by atoms with E-state index in [9.17, 15) is 10.2 Å². The molecule has 3 aliphatic rings. The van der Waals surface area contributed by atoms with Crippen LogP contribution in [0.4, 0.5) is 0 Å². The normalized spacial score (nSPS) is 30.5. The Labute approximate surface area is 428 Å². The summed E-state index contributed by atoms with van der Waals surface area (Å²) in [5.41, 5.74) is 5.63. The zero-order valence-corrected chi connectivity index (χ0v) is 41.6. The number of benzene rings is 6. The molecule has 9 rings (SSSR count). The van der Waals surface area contributed by atoms with E-state index in [0.717, 1.165) is 33.4 Å². The number of aliphatic hydroxyl groups excluding tert-OH is 2. The maximum absolute atomic E-state index is 12.9. The molecule has 0 unspecified atom stereocenters. The highest BCUT2D eigenvalue weighted by Crippen LogP contribution is 2.37. The zero-order valence-electron chi connectivity index (χ0n) is 41.6. The highest BCUT2D eigenvalue weighted by molar-refractivity contribution is 5.18. The minimum atomic E-state index is -1.50. The molecule has 386 valence electrons. The van der Waals surface area contributed by atoms with Crippen molar-refractivity contribution in [2.24, 2.45) is 0 Å². The van der Waals surface area contributed by atoms with E-state index in [4.69, 9.17) is 52.1 Å². The van der Waals surface area contributed by atoms with Gasteiger partial charge in [0.25, 0.3) is 0 Å². The Hall–Kier alpha value is -5.20. The van der Waals surface area contributed by atoms with Gasteiger partial charge in [0.05, 0.1) is 58.0 Å². The second-order valence-corrected chi connectivity index (χ2v) is 18.9. The van der Waals surface area contributed by atoms with Crippen molar-refractivity contribution in [3.8, 4) is 0 Å². The Morgan fingerprint density at radius 1 is 0.301 bits per heavy atom. The standard InChI is InChI=1S/C60H68O13/c1-40-52(65-36-45-26-14-6-15-27-45)55(56(58(62)69-40)67-38-47-30-18-8-19-31-47)73-59-49(61)53(50(41(2)70-59)63-34-43-22-10-4-11-23-43)72-60-57(68-39-48-32-20-9-21-33-48)54(66-37-46-28-16-7-17-29-46)51(42(3)71-60)64-35-44-24-12-5-13-25-44/h4-33,40-42,49-62H,34-39H2,1-3H3/t40-,41-,42-,49+,50-,51-,52-,53-,54+,55+,56+,57+,58+,59-,60-/m0/s1. The van der Waals surface area contributed by atoms with Crippen molar-refractivity contribution >= 4 is 0 Å². The molecule has 3 heterocycles. The molecule has 3 aliphatic heterocycles. The van der Waals surface area contributed by atoms with E-state index in [-0.39, 0.29) is 33.0 Å². The van der Waals surface area contributed by atoms with Crippen molar-refractivity contribution in [2.75, 3.05) is 0 Å². The number of ether oxygens (including phenoxy) is 11. The number of rotatable bonds is 22. The molecule has 2 N–H and O–H groups in total. The van der Waals surface area contributed by atoms with Crippen molar-refractivity contribution in [3.05, 3.63) is 215 Å². The molecule has 6 aromatic rings. The van der Waals surface area contributed by atoms with Crippen LogP contribution in [-0.2, 0) is 91.7 Å². The van der Waals surface area contributed by atoms with E-state index in [0.29, 0.717) is 6.61 Å². The Balaban J connectivity index is 1.04. The summed E-state index contributed by atoms with van der Waals surface area (Å²) in [5, 5.41) is 24.4. The van der Waals surface area contributed by atoms with Crippen LogP contribution in [0.25, 0.3) is 0 Å². The first kappa shape index (κ1) is 52.7. The summed E-state index contributed by atoms with van der Waals surface area (Å²) in [6.45, 7) is 6.91. The first-order chi connectivity index (χ1) is 35.8. The summed E-state index contributed by atoms with van der Waals surface area (Å²) in [4.78, 5) is 0. The molecule has 0 spiro atoms. The average Bonchev–Trinajstić information content (AvgIpc) is 3.42. The van der Waals surface area contributed by atoms with Crippen molar-refractivity contribution in [2.45, 2.75) is 153 Å². The summed E-state index contributed by atoms with van der Waals surface area (Å²) in [5.74, 6) is 0. The predicted octanol–water partition coefficient (Wildman–Crippen LogP) is 8.86. The second-order valence-electron chi connectivity index (χ2n) is 18.9. The Morgan fingerprint density at radius 2 is 0.575 bits per heavy atom. The van der Waals surface area contributed by atoms with Crippen LogP contribution in [0.3, 0.4) is 0 Å². The zero-order chi connectivity index (χ0) is 50.4. The molecular formula is C60H68O13. The monoisotopic (exact) mass is 996 g/mol. The van der Waals surface area contributed by atoms with E-state index in [2.05, 4.69) is 0 Å². The molecule has 0 amide bonds. The van der Waals surface area contributed by atoms with Crippen molar-refractivity contribution in [3.63, 3.8) is 0 Å². The number of hydrogen-bond acceptors (Lipinski definition) is 13. The molecule has 15 atom stereocenters. The summed E-state index contributed by atoms with van der Waals surface area (Å²) < 4.78 is 74.0. The molecule has 0 saturated carbocycles. The molecule has 73 heavy (non-hydrogen) atoms. The third-order valence-corrected chi connectivity index (χ3v) is 13.5.